The Morgan fingerprint density at radius 3 is 2.89 bits per heavy atom. The van der Waals surface area contributed by atoms with Crippen molar-refractivity contribution in [3.8, 4) is 11.5 Å². The van der Waals surface area contributed by atoms with E-state index in [2.05, 4.69) is 10.3 Å². The van der Waals surface area contributed by atoms with Crippen molar-refractivity contribution in [3.63, 3.8) is 0 Å². The van der Waals surface area contributed by atoms with Gasteiger partial charge in [-0.25, -0.2) is 4.68 Å². The molecule has 0 bridgehead atoms. The molecule has 0 saturated heterocycles. The summed E-state index contributed by atoms with van der Waals surface area (Å²) in [5.74, 6) is 1.70. The quantitative estimate of drug-likeness (QED) is 0.905. The molecule has 1 aromatic carbocycles. The highest BCUT2D eigenvalue weighted by atomic mass is 35.5. The predicted molar refractivity (Wildman–Crippen MR) is 70.7 cm³/mol. The zero-order chi connectivity index (χ0) is 13.4. The van der Waals surface area contributed by atoms with Crippen LogP contribution in [0.3, 0.4) is 0 Å². The van der Waals surface area contributed by atoms with Crippen LogP contribution in [0.4, 0.5) is 5.82 Å². The molecule has 7 heteroatoms. The molecular formula is C12H13ClN4O2. The second kappa shape index (κ2) is 4.62. The molecule has 0 saturated carbocycles. The molecule has 0 radical (unpaired) electrons. The lowest BCUT2D eigenvalue weighted by Crippen LogP contribution is -2.16. The summed E-state index contributed by atoms with van der Waals surface area (Å²) < 4.78 is 12.7. The summed E-state index contributed by atoms with van der Waals surface area (Å²) in [6.45, 7) is 3.45. The van der Waals surface area contributed by atoms with Crippen molar-refractivity contribution in [2.75, 3.05) is 18.9 Å². The molecule has 0 unspecified atom stereocenters. The van der Waals surface area contributed by atoms with Crippen molar-refractivity contribution in [3.05, 3.63) is 28.4 Å². The molecule has 3 rings (SSSR count). The largest absolute Gasteiger partial charge is 0.486 e. The van der Waals surface area contributed by atoms with Crippen molar-refractivity contribution in [2.24, 2.45) is 0 Å². The summed E-state index contributed by atoms with van der Waals surface area (Å²) in [4.78, 5) is 0. The highest BCUT2D eigenvalue weighted by molar-refractivity contribution is 6.32. The minimum absolute atomic E-state index is 0.434. The standard InChI is InChI=1S/C12H13ClN4O2/c1-7-12(14)15-16-17(7)6-8-4-9(13)11-10(5-8)18-2-3-19-11/h4-5H,2-3,6,14H2,1H3. The average Bonchev–Trinajstić information content (AvgIpc) is 2.71. The Hall–Kier alpha value is -1.95. The normalized spacial score (nSPS) is 13.6. The van der Waals surface area contributed by atoms with E-state index >= 15 is 0 Å². The van der Waals surface area contributed by atoms with E-state index in [4.69, 9.17) is 26.8 Å². The lowest BCUT2D eigenvalue weighted by Gasteiger charge is -2.20. The summed E-state index contributed by atoms with van der Waals surface area (Å²) >= 11 is 6.18. The van der Waals surface area contributed by atoms with Crippen LogP contribution < -0.4 is 15.2 Å². The number of rotatable bonds is 2. The molecule has 0 aliphatic carbocycles. The Kier molecular flexibility index (Phi) is 2.94. The molecule has 1 aliphatic rings. The van der Waals surface area contributed by atoms with Crippen molar-refractivity contribution < 1.29 is 9.47 Å². The fourth-order valence-electron chi connectivity index (χ4n) is 1.95. The maximum absolute atomic E-state index is 6.18. The molecule has 6 nitrogen and oxygen atoms in total. The zero-order valence-corrected chi connectivity index (χ0v) is 11.1. The lowest BCUT2D eigenvalue weighted by molar-refractivity contribution is 0.171. The highest BCUT2D eigenvalue weighted by Crippen LogP contribution is 2.38. The smallest absolute Gasteiger partial charge is 0.179 e. The van der Waals surface area contributed by atoms with Crippen LogP contribution >= 0.6 is 11.6 Å². The molecule has 19 heavy (non-hydrogen) atoms. The van der Waals surface area contributed by atoms with Gasteiger partial charge in [-0.3, -0.25) is 0 Å². The van der Waals surface area contributed by atoms with Crippen LogP contribution in [0, 0.1) is 6.92 Å². The zero-order valence-electron chi connectivity index (χ0n) is 10.4. The molecular weight excluding hydrogens is 268 g/mol. The second-order valence-corrected chi connectivity index (χ2v) is 4.73. The van der Waals surface area contributed by atoms with Crippen LogP contribution in [0.25, 0.3) is 0 Å². The maximum Gasteiger partial charge on any atom is 0.179 e. The number of nitrogens with zero attached hydrogens (tertiary/aromatic N) is 3. The molecule has 0 fully saturated rings. The van der Waals surface area contributed by atoms with Crippen LogP contribution in [-0.4, -0.2) is 28.2 Å². The fourth-order valence-corrected chi connectivity index (χ4v) is 2.24. The Morgan fingerprint density at radius 2 is 2.16 bits per heavy atom. The van der Waals surface area contributed by atoms with Crippen molar-refractivity contribution in [1.82, 2.24) is 15.0 Å². The third-order valence-corrected chi connectivity index (χ3v) is 3.29. The number of fused-ring (bicyclic) bond motifs is 1. The summed E-state index contributed by atoms with van der Waals surface area (Å²) in [6, 6.07) is 3.74. The van der Waals surface area contributed by atoms with Gasteiger partial charge in [0.1, 0.15) is 13.2 Å². The minimum atomic E-state index is 0.434. The number of benzene rings is 1. The van der Waals surface area contributed by atoms with E-state index < -0.39 is 0 Å². The molecule has 0 amide bonds. The van der Waals surface area contributed by atoms with E-state index in [9.17, 15) is 0 Å². The number of hydrogen-bond acceptors (Lipinski definition) is 5. The number of anilines is 1. The molecule has 1 aliphatic heterocycles. The summed E-state index contributed by atoms with van der Waals surface area (Å²) in [5.41, 5.74) is 7.46. The average molecular weight is 281 g/mol. The first-order valence-electron chi connectivity index (χ1n) is 5.88. The minimum Gasteiger partial charge on any atom is -0.486 e. The van der Waals surface area contributed by atoms with Gasteiger partial charge in [-0.15, -0.1) is 5.10 Å². The second-order valence-electron chi connectivity index (χ2n) is 4.32. The van der Waals surface area contributed by atoms with E-state index in [1.807, 2.05) is 19.1 Å². The maximum atomic E-state index is 6.18. The number of ether oxygens (including phenoxy) is 2. The van der Waals surface area contributed by atoms with Crippen molar-refractivity contribution in [1.29, 1.82) is 0 Å². The summed E-state index contributed by atoms with van der Waals surface area (Å²) in [6.07, 6.45) is 0. The molecule has 100 valence electrons. The monoisotopic (exact) mass is 280 g/mol. The van der Waals surface area contributed by atoms with Gasteiger partial charge in [-0.05, 0) is 24.6 Å². The van der Waals surface area contributed by atoms with E-state index in [-0.39, 0.29) is 0 Å². The Morgan fingerprint density at radius 1 is 1.37 bits per heavy atom. The SMILES string of the molecule is Cc1c(N)nnn1Cc1cc(Cl)c2c(c1)OCCO2. The van der Waals surface area contributed by atoms with Crippen LogP contribution in [0.15, 0.2) is 12.1 Å². The molecule has 0 spiro atoms. The Labute approximate surface area is 115 Å². The summed E-state index contributed by atoms with van der Waals surface area (Å²) in [7, 11) is 0. The fraction of sp³-hybridized carbons (Fsp3) is 0.333. The number of aromatic nitrogens is 3. The molecule has 0 atom stereocenters. The van der Waals surface area contributed by atoms with Crippen molar-refractivity contribution >= 4 is 17.4 Å². The number of nitrogen functional groups attached to an aromatic ring is 1. The topological polar surface area (TPSA) is 75.2 Å². The van der Waals surface area contributed by atoms with Gasteiger partial charge in [0, 0.05) is 0 Å². The lowest BCUT2D eigenvalue weighted by atomic mass is 10.2. The van der Waals surface area contributed by atoms with Crippen molar-refractivity contribution in [2.45, 2.75) is 13.5 Å². The van der Waals surface area contributed by atoms with Gasteiger partial charge >= 0.3 is 0 Å². The first kappa shape index (κ1) is 12.1. The highest BCUT2D eigenvalue weighted by Gasteiger charge is 2.17. The molecule has 1 aromatic heterocycles. The predicted octanol–water partition coefficient (Wildman–Crippen LogP) is 1.64. The van der Waals surface area contributed by atoms with E-state index in [1.54, 1.807) is 4.68 Å². The molecule has 2 heterocycles. The van der Waals surface area contributed by atoms with Gasteiger partial charge in [-0.1, -0.05) is 16.8 Å². The number of nitrogens with two attached hydrogens (primary N) is 1. The molecule has 2 aromatic rings. The van der Waals surface area contributed by atoms with E-state index in [0.717, 1.165) is 11.3 Å². The van der Waals surface area contributed by atoms with Crippen LogP contribution in [0.2, 0.25) is 5.02 Å². The van der Waals surface area contributed by atoms with E-state index in [1.165, 1.54) is 0 Å². The van der Waals surface area contributed by atoms with Crippen LogP contribution in [0.1, 0.15) is 11.3 Å². The van der Waals surface area contributed by atoms with E-state index in [0.29, 0.717) is 42.1 Å². The summed E-state index contributed by atoms with van der Waals surface area (Å²) in [5, 5.41) is 8.34. The van der Waals surface area contributed by atoms with Gasteiger partial charge in [0.05, 0.1) is 17.3 Å². The first-order chi connectivity index (χ1) is 9.15. The van der Waals surface area contributed by atoms with Gasteiger partial charge in [0.2, 0.25) is 0 Å². The molecule has 2 N–H and O–H groups in total. The third kappa shape index (κ3) is 2.19. The Balaban J connectivity index is 1.93. The van der Waals surface area contributed by atoms with Crippen LogP contribution in [0.5, 0.6) is 11.5 Å². The number of hydrogen-bond donors (Lipinski definition) is 1. The number of halogens is 1. The van der Waals surface area contributed by atoms with Gasteiger partial charge in [0.25, 0.3) is 0 Å². The Bertz CT molecular complexity index is 626. The third-order valence-electron chi connectivity index (χ3n) is 3.01. The van der Waals surface area contributed by atoms with Gasteiger partial charge in [-0.2, -0.15) is 0 Å². The van der Waals surface area contributed by atoms with Crippen LogP contribution in [-0.2, 0) is 6.54 Å². The van der Waals surface area contributed by atoms with Gasteiger partial charge < -0.3 is 15.2 Å². The first-order valence-corrected chi connectivity index (χ1v) is 6.26. The van der Waals surface area contributed by atoms with Gasteiger partial charge in [0.15, 0.2) is 17.3 Å².